The number of aromatic nitrogens is 5. The van der Waals surface area contributed by atoms with Gasteiger partial charge in [-0.3, -0.25) is 14.6 Å². The van der Waals surface area contributed by atoms with Gasteiger partial charge in [0.25, 0.3) is 0 Å². The Bertz CT molecular complexity index is 1760. The number of hydrogen-bond acceptors (Lipinski definition) is 10. The van der Waals surface area contributed by atoms with Crippen molar-refractivity contribution in [3.63, 3.8) is 0 Å². The predicted octanol–water partition coefficient (Wildman–Crippen LogP) is 4.82. The van der Waals surface area contributed by atoms with Gasteiger partial charge in [0.05, 0.1) is 56.6 Å². The summed E-state index contributed by atoms with van der Waals surface area (Å²) in [5, 5.41) is 8.88. The van der Waals surface area contributed by atoms with Gasteiger partial charge in [-0.05, 0) is 12.1 Å². The molecule has 0 radical (unpaired) electrons. The summed E-state index contributed by atoms with van der Waals surface area (Å²) in [5.41, 5.74) is 2.49. The van der Waals surface area contributed by atoms with Crippen molar-refractivity contribution in [2.24, 2.45) is 0 Å². The third kappa shape index (κ3) is 7.00. The Labute approximate surface area is 258 Å². The number of halogens is 2. The van der Waals surface area contributed by atoms with E-state index in [2.05, 4.69) is 15.2 Å². The fraction of sp³-hybridized carbons (Fsp3) is 0.312. The smallest absolute Gasteiger partial charge is 0.183 e. The van der Waals surface area contributed by atoms with E-state index in [1.54, 1.807) is 30.3 Å². The number of para-hydroxylation sites is 1. The molecule has 234 valence electrons. The van der Waals surface area contributed by atoms with Crippen molar-refractivity contribution < 1.29 is 27.7 Å². The molecule has 11 nitrogen and oxygen atoms in total. The highest BCUT2D eigenvalue weighted by Crippen LogP contribution is 2.31. The van der Waals surface area contributed by atoms with Gasteiger partial charge in [-0.2, -0.15) is 5.10 Å². The van der Waals surface area contributed by atoms with Crippen LogP contribution in [0.3, 0.4) is 0 Å². The largest absolute Gasteiger partial charge is 0.493 e. The number of methoxy groups -OCH3 is 2. The molecule has 0 aliphatic carbocycles. The second-order valence-electron chi connectivity index (χ2n) is 10.4. The van der Waals surface area contributed by atoms with E-state index < -0.39 is 11.6 Å². The molecule has 4 heterocycles. The average molecular weight is 618 g/mol. The number of ether oxygens (including phenoxy) is 4. The zero-order chi connectivity index (χ0) is 31.2. The Morgan fingerprint density at radius 1 is 0.956 bits per heavy atom. The van der Waals surface area contributed by atoms with Crippen molar-refractivity contribution in [3.05, 3.63) is 83.8 Å². The van der Waals surface area contributed by atoms with Gasteiger partial charge in [0.15, 0.2) is 11.6 Å². The van der Waals surface area contributed by atoms with E-state index in [1.165, 1.54) is 19.2 Å². The Hall–Kier alpha value is -4.72. The quantitative estimate of drug-likeness (QED) is 0.196. The summed E-state index contributed by atoms with van der Waals surface area (Å²) in [6, 6.07) is 13.5. The van der Waals surface area contributed by atoms with Gasteiger partial charge >= 0.3 is 0 Å². The number of pyridine rings is 1. The monoisotopic (exact) mass is 617 g/mol. The first kappa shape index (κ1) is 30.3. The van der Waals surface area contributed by atoms with Crippen LogP contribution >= 0.6 is 0 Å². The number of nitrogens with one attached hydrogen (secondary N) is 1. The molecule has 5 aromatic rings. The Morgan fingerprint density at radius 3 is 2.53 bits per heavy atom. The summed E-state index contributed by atoms with van der Waals surface area (Å²) >= 11 is 0. The van der Waals surface area contributed by atoms with Crippen LogP contribution in [0.15, 0.2) is 60.9 Å². The van der Waals surface area contributed by atoms with Gasteiger partial charge in [-0.25, -0.2) is 18.7 Å². The molecule has 1 fully saturated rings. The Morgan fingerprint density at radius 2 is 1.76 bits per heavy atom. The van der Waals surface area contributed by atoms with Gasteiger partial charge in [-0.15, -0.1) is 0 Å². The first-order valence-electron chi connectivity index (χ1n) is 14.5. The lowest BCUT2D eigenvalue weighted by molar-refractivity contribution is 0.0336. The number of anilines is 2. The van der Waals surface area contributed by atoms with Gasteiger partial charge in [0, 0.05) is 62.1 Å². The van der Waals surface area contributed by atoms with Crippen LogP contribution in [0.5, 0.6) is 11.5 Å². The van der Waals surface area contributed by atoms with Crippen LogP contribution in [0.2, 0.25) is 0 Å². The standard InChI is InChI=1S/C32H33F2N7O4/c1-42-13-14-45-22-16-25(33)24(26(34)17-22)20-41-28-6-4-3-5-23(28)31(39-41)32-36-21(19-40-9-11-44-12-10-40)15-30(38-32)37-27-7-8-35-18-29(27)43-2/h3-8,15-18H,9-14,19-20H2,1-2H3,(H,35,36,37,38). The van der Waals surface area contributed by atoms with Crippen molar-refractivity contribution in [3.8, 4) is 23.0 Å². The molecule has 0 saturated carbocycles. The maximum Gasteiger partial charge on any atom is 0.183 e. The number of morpholine rings is 1. The molecule has 1 aliphatic heterocycles. The Kier molecular flexibility index (Phi) is 9.38. The molecule has 0 bridgehead atoms. The number of nitrogens with zero attached hydrogens (tertiary/aromatic N) is 6. The van der Waals surface area contributed by atoms with E-state index in [9.17, 15) is 0 Å². The minimum Gasteiger partial charge on any atom is -0.493 e. The number of fused-ring (bicyclic) bond motifs is 1. The molecule has 0 atom stereocenters. The summed E-state index contributed by atoms with van der Waals surface area (Å²) in [6.45, 7) is 3.78. The molecule has 0 amide bonds. The lowest BCUT2D eigenvalue weighted by Crippen LogP contribution is -2.35. The van der Waals surface area contributed by atoms with Crippen LogP contribution in [0.4, 0.5) is 20.3 Å². The molecule has 1 saturated heterocycles. The highest BCUT2D eigenvalue weighted by Gasteiger charge is 2.21. The molecule has 3 aromatic heterocycles. The average Bonchev–Trinajstić information content (AvgIpc) is 3.42. The minimum absolute atomic E-state index is 0.0909. The van der Waals surface area contributed by atoms with E-state index in [0.717, 1.165) is 24.2 Å². The molecule has 1 aliphatic rings. The maximum absolute atomic E-state index is 15.2. The number of benzene rings is 2. The highest BCUT2D eigenvalue weighted by molar-refractivity contribution is 5.92. The first-order valence-corrected chi connectivity index (χ1v) is 14.5. The van der Waals surface area contributed by atoms with Crippen molar-refractivity contribution in [2.45, 2.75) is 13.1 Å². The normalized spacial score (nSPS) is 13.7. The van der Waals surface area contributed by atoms with E-state index in [4.69, 9.17) is 34.0 Å². The van der Waals surface area contributed by atoms with E-state index in [1.807, 2.05) is 30.3 Å². The zero-order valence-corrected chi connectivity index (χ0v) is 25.0. The SMILES string of the molecule is COCCOc1cc(F)c(Cn2nc(-c3nc(CN4CCOCC4)cc(Nc4ccncc4OC)n3)c3ccccc32)c(F)c1. The second kappa shape index (κ2) is 13.9. The second-order valence-corrected chi connectivity index (χ2v) is 10.4. The van der Waals surface area contributed by atoms with Gasteiger partial charge in [-0.1, -0.05) is 18.2 Å². The lowest BCUT2D eigenvalue weighted by Gasteiger charge is -2.26. The molecule has 2 aromatic carbocycles. The summed E-state index contributed by atoms with van der Waals surface area (Å²) in [6.07, 6.45) is 3.28. The molecule has 0 unspecified atom stereocenters. The maximum atomic E-state index is 15.2. The summed E-state index contributed by atoms with van der Waals surface area (Å²) in [7, 11) is 3.10. The molecule has 0 spiro atoms. The third-order valence-electron chi connectivity index (χ3n) is 7.38. The molecular formula is C32H33F2N7O4. The van der Waals surface area contributed by atoms with Crippen LogP contribution in [0.25, 0.3) is 22.4 Å². The van der Waals surface area contributed by atoms with Crippen LogP contribution in [0, 0.1) is 11.6 Å². The van der Waals surface area contributed by atoms with Crippen molar-refractivity contribution >= 4 is 22.4 Å². The summed E-state index contributed by atoms with van der Waals surface area (Å²) in [4.78, 5) is 16.1. The number of hydrogen-bond donors (Lipinski definition) is 1. The third-order valence-corrected chi connectivity index (χ3v) is 7.38. The Balaban J connectivity index is 1.38. The fourth-order valence-electron chi connectivity index (χ4n) is 5.14. The number of rotatable bonds is 12. The van der Waals surface area contributed by atoms with Crippen molar-refractivity contribution in [2.75, 3.05) is 59.1 Å². The van der Waals surface area contributed by atoms with Crippen LogP contribution in [-0.4, -0.2) is 83.4 Å². The van der Waals surface area contributed by atoms with Crippen molar-refractivity contribution in [1.29, 1.82) is 0 Å². The first-order chi connectivity index (χ1) is 22.0. The van der Waals surface area contributed by atoms with Crippen LogP contribution in [0.1, 0.15) is 11.3 Å². The summed E-state index contributed by atoms with van der Waals surface area (Å²) in [5.74, 6) is 0.0891. The van der Waals surface area contributed by atoms with Gasteiger partial charge < -0.3 is 24.3 Å². The van der Waals surface area contributed by atoms with Crippen LogP contribution in [-0.2, 0) is 22.6 Å². The highest BCUT2D eigenvalue weighted by atomic mass is 19.1. The van der Waals surface area contributed by atoms with Crippen molar-refractivity contribution in [1.82, 2.24) is 29.6 Å². The van der Waals surface area contributed by atoms with Crippen LogP contribution < -0.4 is 14.8 Å². The molecule has 45 heavy (non-hydrogen) atoms. The lowest BCUT2D eigenvalue weighted by atomic mass is 10.1. The van der Waals surface area contributed by atoms with Gasteiger partial charge in [0.1, 0.15) is 35.5 Å². The fourth-order valence-corrected chi connectivity index (χ4v) is 5.14. The predicted molar refractivity (Wildman–Crippen MR) is 164 cm³/mol. The van der Waals surface area contributed by atoms with E-state index in [-0.39, 0.29) is 24.5 Å². The molecule has 6 rings (SSSR count). The summed E-state index contributed by atoms with van der Waals surface area (Å²) < 4.78 is 53.3. The topological polar surface area (TPSA) is 109 Å². The zero-order valence-electron chi connectivity index (χ0n) is 25.0. The molecular weight excluding hydrogens is 584 g/mol. The molecule has 13 heteroatoms. The minimum atomic E-state index is -0.731. The van der Waals surface area contributed by atoms with Gasteiger partial charge in [0.2, 0.25) is 0 Å². The van der Waals surface area contributed by atoms with E-state index in [0.29, 0.717) is 60.7 Å². The van der Waals surface area contributed by atoms with E-state index >= 15 is 8.78 Å². The molecule has 1 N–H and O–H groups in total.